The Kier molecular flexibility index (Phi) is 5.36. The standard InChI is InChI=1S/C17H10F9N5/c1-2-27-13-10-11(16(21,22)23)28-14(17(24,25)26)29-12(10)30-31(13)7-8-3-5-9(6-4-8)15(18,19)20/h2-6,27H,1,7H2. The van der Waals surface area contributed by atoms with Crippen molar-refractivity contribution in [2.24, 2.45) is 0 Å². The Labute approximate surface area is 167 Å². The molecule has 0 aliphatic heterocycles. The van der Waals surface area contributed by atoms with Crippen molar-refractivity contribution < 1.29 is 39.5 Å². The Hall–Kier alpha value is -3.32. The van der Waals surface area contributed by atoms with Gasteiger partial charge >= 0.3 is 18.5 Å². The number of rotatable bonds is 4. The highest BCUT2D eigenvalue weighted by Crippen LogP contribution is 2.39. The molecule has 1 aromatic carbocycles. The van der Waals surface area contributed by atoms with E-state index in [1.165, 1.54) is 0 Å². The minimum absolute atomic E-state index is 0.186. The molecule has 1 N–H and O–H groups in total. The average molecular weight is 455 g/mol. The van der Waals surface area contributed by atoms with E-state index in [4.69, 9.17) is 0 Å². The van der Waals surface area contributed by atoms with Gasteiger partial charge in [0.1, 0.15) is 5.82 Å². The van der Waals surface area contributed by atoms with Crippen molar-refractivity contribution >= 4 is 16.9 Å². The monoisotopic (exact) mass is 455 g/mol. The highest BCUT2D eigenvalue weighted by atomic mass is 19.4. The Balaban J connectivity index is 2.18. The second-order valence-corrected chi connectivity index (χ2v) is 6.14. The fourth-order valence-electron chi connectivity index (χ4n) is 2.69. The van der Waals surface area contributed by atoms with Gasteiger partial charge in [-0.15, -0.1) is 5.10 Å². The van der Waals surface area contributed by atoms with Gasteiger partial charge in [0.2, 0.25) is 5.82 Å². The van der Waals surface area contributed by atoms with Gasteiger partial charge < -0.3 is 5.32 Å². The summed E-state index contributed by atoms with van der Waals surface area (Å²) in [6.07, 6.45) is -14.2. The second-order valence-electron chi connectivity index (χ2n) is 6.14. The molecule has 0 amide bonds. The van der Waals surface area contributed by atoms with Crippen molar-refractivity contribution in [2.45, 2.75) is 25.1 Å². The van der Waals surface area contributed by atoms with Crippen molar-refractivity contribution in [3.8, 4) is 0 Å². The first-order chi connectivity index (χ1) is 14.2. The van der Waals surface area contributed by atoms with Gasteiger partial charge in [0.05, 0.1) is 17.5 Å². The molecule has 0 saturated heterocycles. The van der Waals surface area contributed by atoms with Crippen LogP contribution in [0.5, 0.6) is 0 Å². The highest BCUT2D eigenvalue weighted by Gasteiger charge is 2.43. The van der Waals surface area contributed by atoms with Crippen molar-refractivity contribution in [3.05, 3.63) is 59.7 Å². The molecule has 0 aliphatic rings. The van der Waals surface area contributed by atoms with Gasteiger partial charge in [0.15, 0.2) is 11.3 Å². The second kappa shape index (κ2) is 7.42. The van der Waals surface area contributed by atoms with Gasteiger partial charge in [0, 0.05) is 0 Å². The van der Waals surface area contributed by atoms with E-state index < -0.39 is 52.5 Å². The molecule has 0 aliphatic carbocycles. The number of anilines is 1. The predicted molar refractivity (Wildman–Crippen MR) is 89.7 cm³/mol. The number of benzene rings is 1. The van der Waals surface area contributed by atoms with Crippen LogP contribution in [0.15, 0.2) is 37.0 Å². The molecule has 0 radical (unpaired) electrons. The average Bonchev–Trinajstić information content (AvgIpc) is 2.96. The van der Waals surface area contributed by atoms with Crippen LogP contribution in [0.2, 0.25) is 0 Å². The lowest BCUT2D eigenvalue weighted by Crippen LogP contribution is -2.17. The summed E-state index contributed by atoms with van der Waals surface area (Å²) in [4.78, 5) is 5.71. The van der Waals surface area contributed by atoms with Crippen LogP contribution in [0, 0.1) is 0 Å². The van der Waals surface area contributed by atoms with Crippen LogP contribution >= 0.6 is 0 Å². The van der Waals surface area contributed by atoms with Crippen LogP contribution in [0.4, 0.5) is 45.3 Å². The highest BCUT2D eigenvalue weighted by molar-refractivity contribution is 5.90. The van der Waals surface area contributed by atoms with Crippen molar-refractivity contribution in [1.82, 2.24) is 19.7 Å². The Morgan fingerprint density at radius 3 is 1.97 bits per heavy atom. The molecular formula is C17H10F9N5. The van der Waals surface area contributed by atoms with Gasteiger partial charge in [-0.2, -0.15) is 39.5 Å². The largest absolute Gasteiger partial charge is 0.451 e. The lowest BCUT2D eigenvalue weighted by Gasteiger charge is -2.12. The number of hydrogen-bond acceptors (Lipinski definition) is 4. The van der Waals surface area contributed by atoms with Gasteiger partial charge in [0.25, 0.3) is 0 Å². The van der Waals surface area contributed by atoms with Crippen molar-refractivity contribution in [1.29, 1.82) is 0 Å². The summed E-state index contributed by atoms with van der Waals surface area (Å²) in [6.45, 7) is 2.93. The van der Waals surface area contributed by atoms with E-state index in [2.05, 4.69) is 27.0 Å². The zero-order chi connectivity index (χ0) is 23.2. The van der Waals surface area contributed by atoms with E-state index in [9.17, 15) is 39.5 Å². The summed E-state index contributed by atoms with van der Waals surface area (Å²) in [6, 6.07) is 3.62. The van der Waals surface area contributed by atoms with E-state index in [1.807, 2.05) is 0 Å². The smallest absolute Gasteiger partial charge is 0.347 e. The fraction of sp³-hybridized carbons (Fsp3) is 0.235. The number of nitrogens with zero attached hydrogens (tertiary/aromatic N) is 4. The number of nitrogens with one attached hydrogen (secondary N) is 1. The lowest BCUT2D eigenvalue weighted by molar-refractivity contribution is -0.151. The van der Waals surface area contributed by atoms with Crippen LogP contribution in [0.3, 0.4) is 0 Å². The van der Waals surface area contributed by atoms with E-state index in [-0.39, 0.29) is 12.1 Å². The fourth-order valence-corrected chi connectivity index (χ4v) is 2.69. The van der Waals surface area contributed by atoms with E-state index in [0.29, 0.717) is 0 Å². The molecule has 31 heavy (non-hydrogen) atoms. The molecular weight excluding hydrogens is 445 g/mol. The van der Waals surface area contributed by atoms with Crippen LogP contribution in [-0.4, -0.2) is 19.7 Å². The number of hydrogen-bond donors (Lipinski definition) is 1. The van der Waals surface area contributed by atoms with Gasteiger partial charge in [-0.05, 0) is 23.9 Å². The molecule has 0 unspecified atom stereocenters. The van der Waals surface area contributed by atoms with Crippen LogP contribution in [0.25, 0.3) is 11.0 Å². The first-order valence-corrected chi connectivity index (χ1v) is 8.18. The molecule has 2 aromatic heterocycles. The number of halogens is 9. The third-order valence-corrected chi connectivity index (χ3v) is 3.97. The maximum Gasteiger partial charge on any atom is 0.451 e. The normalized spacial score (nSPS) is 12.9. The third-order valence-electron chi connectivity index (χ3n) is 3.97. The number of aromatic nitrogens is 4. The van der Waals surface area contributed by atoms with Crippen LogP contribution in [0.1, 0.15) is 22.6 Å². The Bertz CT molecular complexity index is 1110. The van der Waals surface area contributed by atoms with Crippen molar-refractivity contribution in [2.75, 3.05) is 5.32 Å². The molecule has 0 saturated carbocycles. The van der Waals surface area contributed by atoms with E-state index in [1.54, 1.807) is 0 Å². The lowest BCUT2D eigenvalue weighted by atomic mass is 10.1. The van der Waals surface area contributed by atoms with Gasteiger partial charge in [-0.1, -0.05) is 18.7 Å². The minimum atomic E-state index is -5.28. The molecule has 0 atom stereocenters. The molecule has 5 nitrogen and oxygen atoms in total. The first-order valence-electron chi connectivity index (χ1n) is 8.18. The van der Waals surface area contributed by atoms with E-state index in [0.717, 1.165) is 35.1 Å². The Morgan fingerprint density at radius 2 is 1.48 bits per heavy atom. The molecule has 3 aromatic rings. The maximum atomic E-state index is 13.4. The van der Waals surface area contributed by atoms with Crippen LogP contribution < -0.4 is 5.32 Å². The SMILES string of the molecule is C=CNc1c2c(C(F)(F)F)nc(C(F)(F)F)nc2nn1Cc1ccc(C(F)(F)F)cc1. The minimum Gasteiger partial charge on any atom is -0.347 e. The number of alkyl halides is 9. The van der Waals surface area contributed by atoms with Crippen molar-refractivity contribution in [3.63, 3.8) is 0 Å². The number of fused-ring (bicyclic) bond motifs is 1. The molecule has 14 heteroatoms. The Morgan fingerprint density at radius 1 is 0.871 bits per heavy atom. The molecule has 0 bridgehead atoms. The molecule has 2 heterocycles. The summed E-state index contributed by atoms with van der Waals surface area (Å²) in [5.74, 6) is -2.46. The van der Waals surface area contributed by atoms with Gasteiger partial charge in [-0.3, -0.25) is 0 Å². The first kappa shape index (κ1) is 22.4. The topological polar surface area (TPSA) is 55.6 Å². The third kappa shape index (κ3) is 4.56. The zero-order valence-electron chi connectivity index (χ0n) is 15.0. The van der Waals surface area contributed by atoms with Crippen LogP contribution in [-0.2, 0) is 25.1 Å². The predicted octanol–water partition coefficient (Wildman–Crippen LogP) is 5.49. The summed E-state index contributed by atoms with van der Waals surface area (Å²) >= 11 is 0. The van der Waals surface area contributed by atoms with E-state index >= 15 is 0 Å². The van der Waals surface area contributed by atoms with Gasteiger partial charge in [-0.25, -0.2) is 14.6 Å². The summed E-state index contributed by atoms with van der Waals surface area (Å²) in [7, 11) is 0. The summed E-state index contributed by atoms with van der Waals surface area (Å²) < 4.78 is 118. The molecule has 3 rings (SSSR count). The summed E-state index contributed by atoms with van der Waals surface area (Å²) in [5, 5.41) is 5.19. The summed E-state index contributed by atoms with van der Waals surface area (Å²) in [5.41, 5.74) is -3.53. The molecule has 166 valence electrons. The molecule has 0 fully saturated rings. The quantitative estimate of drug-likeness (QED) is 0.529. The maximum absolute atomic E-state index is 13.4. The molecule has 0 spiro atoms. The zero-order valence-corrected chi connectivity index (χ0v) is 15.0.